The highest BCUT2D eigenvalue weighted by atomic mass is 19.4. The minimum Gasteiger partial charge on any atom is -0.507 e. The lowest BCUT2D eigenvalue weighted by Crippen LogP contribution is -2.61. The third kappa shape index (κ3) is 2.81. The van der Waals surface area contributed by atoms with E-state index in [1.54, 1.807) is 0 Å². The van der Waals surface area contributed by atoms with Gasteiger partial charge >= 0.3 is 12.1 Å². The van der Waals surface area contributed by atoms with Crippen molar-refractivity contribution in [1.82, 2.24) is 5.32 Å². The van der Waals surface area contributed by atoms with Gasteiger partial charge in [-0.2, -0.15) is 13.2 Å². The molecule has 20 heavy (non-hydrogen) atoms. The van der Waals surface area contributed by atoms with E-state index in [0.29, 0.717) is 6.07 Å². The van der Waals surface area contributed by atoms with Gasteiger partial charge in [0.2, 0.25) is 5.54 Å². The van der Waals surface area contributed by atoms with Crippen LogP contribution in [0.4, 0.5) is 17.6 Å². The summed E-state index contributed by atoms with van der Waals surface area (Å²) in [5, 5.41) is 19.1. The first-order valence-electron chi connectivity index (χ1n) is 5.10. The molecule has 0 radical (unpaired) electrons. The number of hydrogen-bond acceptors (Lipinski definition) is 3. The second kappa shape index (κ2) is 4.99. The molecule has 1 rings (SSSR count). The fraction of sp³-hybridized carbons (Fsp3) is 0.273. The molecule has 1 aromatic rings. The van der Waals surface area contributed by atoms with Gasteiger partial charge in [-0.1, -0.05) is 0 Å². The lowest BCUT2D eigenvalue weighted by Gasteiger charge is -2.28. The number of benzene rings is 1. The Balaban J connectivity index is 3.16. The number of halogens is 4. The quantitative estimate of drug-likeness (QED) is 0.740. The molecule has 110 valence electrons. The molecule has 3 N–H and O–H groups in total. The number of carboxylic acid groups (broad SMARTS) is 1. The Bertz CT molecular complexity index is 558. The molecule has 1 aromatic carbocycles. The van der Waals surface area contributed by atoms with Gasteiger partial charge in [0.05, 0.1) is 5.56 Å². The number of phenols is 1. The molecular weight excluding hydrogens is 286 g/mol. The predicted octanol–water partition coefficient (Wildman–Crippen LogP) is 1.67. The van der Waals surface area contributed by atoms with Crippen molar-refractivity contribution >= 4 is 11.9 Å². The van der Waals surface area contributed by atoms with Crippen molar-refractivity contribution in [1.29, 1.82) is 0 Å². The van der Waals surface area contributed by atoms with Crippen LogP contribution in [0.25, 0.3) is 0 Å². The number of carboxylic acids is 1. The molecule has 0 spiro atoms. The average Bonchev–Trinajstić information content (AvgIpc) is 2.30. The van der Waals surface area contributed by atoms with Gasteiger partial charge in [0.25, 0.3) is 5.91 Å². The number of alkyl halides is 3. The van der Waals surface area contributed by atoms with Crippen LogP contribution in [0.1, 0.15) is 17.3 Å². The minimum absolute atomic E-state index is 0.240. The van der Waals surface area contributed by atoms with Crippen molar-refractivity contribution in [2.45, 2.75) is 18.6 Å². The highest BCUT2D eigenvalue weighted by Gasteiger charge is 2.58. The van der Waals surface area contributed by atoms with Gasteiger partial charge in [0.1, 0.15) is 11.6 Å². The monoisotopic (exact) mass is 295 g/mol. The smallest absolute Gasteiger partial charge is 0.422 e. The van der Waals surface area contributed by atoms with E-state index in [4.69, 9.17) is 5.11 Å². The van der Waals surface area contributed by atoms with E-state index in [-0.39, 0.29) is 6.92 Å². The van der Waals surface area contributed by atoms with E-state index in [1.807, 2.05) is 0 Å². The van der Waals surface area contributed by atoms with E-state index < -0.39 is 40.7 Å². The van der Waals surface area contributed by atoms with Crippen molar-refractivity contribution in [3.63, 3.8) is 0 Å². The van der Waals surface area contributed by atoms with E-state index in [2.05, 4.69) is 0 Å². The van der Waals surface area contributed by atoms with Crippen molar-refractivity contribution in [2.75, 3.05) is 0 Å². The van der Waals surface area contributed by atoms with Gasteiger partial charge in [0.15, 0.2) is 0 Å². The maximum Gasteiger partial charge on any atom is 0.422 e. The number of aromatic hydroxyl groups is 1. The summed E-state index contributed by atoms with van der Waals surface area (Å²) in [6.45, 7) is 0.240. The number of carbonyl (C=O) groups excluding carboxylic acids is 1. The van der Waals surface area contributed by atoms with Gasteiger partial charge < -0.3 is 15.5 Å². The average molecular weight is 295 g/mol. The number of phenolic OH excluding ortho intramolecular Hbond substituents is 1. The molecule has 0 saturated heterocycles. The molecule has 5 nitrogen and oxygen atoms in total. The van der Waals surface area contributed by atoms with Crippen LogP contribution >= 0.6 is 0 Å². The Kier molecular flexibility index (Phi) is 3.92. The van der Waals surface area contributed by atoms with Crippen LogP contribution < -0.4 is 5.32 Å². The Morgan fingerprint density at radius 3 is 2.25 bits per heavy atom. The molecular formula is C11H9F4NO4. The number of carbonyl (C=O) groups is 2. The topological polar surface area (TPSA) is 86.6 Å². The van der Waals surface area contributed by atoms with Crippen LogP contribution in [-0.4, -0.2) is 33.8 Å². The van der Waals surface area contributed by atoms with Crippen LogP contribution in [-0.2, 0) is 4.79 Å². The zero-order chi connectivity index (χ0) is 15.7. The van der Waals surface area contributed by atoms with Crippen molar-refractivity contribution in [3.05, 3.63) is 29.6 Å². The molecule has 1 atom stereocenters. The van der Waals surface area contributed by atoms with E-state index in [0.717, 1.165) is 12.1 Å². The summed E-state index contributed by atoms with van der Waals surface area (Å²) >= 11 is 0. The summed E-state index contributed by atoms with van der Waals surface area (Å²) in [5.41, 5.74) is -4.37. The highest BCUT2D eigenvalue weighted by Crippen LogP contribution is 2.31. The summed E-state index contributed by atoms with van der Waals surface area (Å²) in [7, 11) is 0. The van der Waals surface area contributed by atoms with Crippen molar-refractivity contribution in [3.8, 4) is 5.75 Å². The second-order valence-corrected chi connectivity index (χ2v) is 4.04. The Morgan fingerprint density at radius 2 is 1.80 bits per heavy atom. The molecule has 0 aliphatic carbocycles. The first-order chi connectivity index (χ1) is 8.99. The van der Waals surface area contributed by atoms with Crippen LogP contribution in [0.2, 0.25) is 0 Å². The molecule has 0 fully saturated rings. The summed E-state index contributed by atoms with van der Waals surface area (Å²) in [6, 6.07) is 2.03. The third-order valence-electron chi connectivity index (χ3n) is 2.56. The van der Waals surface area contributed by atoms with Crippen molar-refractivity contribution < 1.29 is 37.4 Å². The lowest BCUT2D eigenvalue weighted by atomic mass is 10.0. The Labute approximate surface area is 109 Å². The summed E-state index contributed by atoms with van der Waals surface area (Å²) in [6.07, 6.45) is -5.28. The first-order valence-corrected chi connectivity index (χ1v) is 5.10. The molecule has 0 aliphatic rings. The minimum atomic E-state index is -5.28. The van der Waals surface area contributed by atoms with E-state index in [9.17, 15) is 32.3 Å². The summed E-state index contributed by atoms with van der Waals surface area (Å²) < 4.78 is 50.9. The van der Waals surface area contributed by atoms with Gasteiger partial charge in [-0.15, -0.1) is 0 Å². The fourth-order valence-corrected chi connectivity index (χ4v) is 1.23. The van der Waals surface area contributed by atoms with Gasteiger partial charge in [0, 0.05) is 0 Å². The number of aliphatic carboxylic acids is 1. The molecule has 0 aromatic heterocycles. The number of amides is 1. The maximum absolute atomic E-state index is 12.9. The molecule has 9 heteroatoms. The second-order valence-electron chi connectivity index (χ2n) is 4.04. The van der Waals surface area contributed by atoms with E-state index >= 15 is 0 Å². The third-order valence-corrected chi connectivity index (χ3v) is 2.56. The molecule has 0 saturated carbocycles. The molecule has 0 bridgehead atoms. The largest absolute Gasteiger partial charge is 0.507 e. The zero-order valence-electron chi connectivity index (χ0n) is 9.95. The van der Waals surface area contributed by atoms with E-state index in [1.165, 1.54) is 5.32 Å². The predicted molar refractivity (Wildman–Crippen MR) is 57.6 cm³/mol. The summed E-state index contributed by atoms with van der Waals surface area (Å²) in [4.78, 5) is 22.3. The normalized spacial score (nSPS) is 14.4. The van der Waals surface area contributed by atoms with Gasteiger partial charge in [-0.05, 0) is 25.1 Å². The first kappa shape index (κ1) is 15.7. The maximum atomic E-state index is 12.9. The molecule has 0 aliphatic heterocycles. The van der Waals surface area contributed by atoms with Crippen LogP contribution in [0, 0.1) is 5.82 Å². The van der Waals surface area contributed by atoms with Crippen LogP contribution in [0.15, 0.2) is 18.2 Å². The zero-order valence-corrected chi connectivity index (χ0v) is 9.95. The van der Waals surface area contributed by atoms with Gasteiger partial charge in [-0.25, -0.2) is 9.18 Å². The SMILES string of the molecule is CC(NC(=O)c1cc(F)ccc1O)(C(=O)O)C(F)(F)F. The van der Waals surface area contributed by atoms with Crippen LogP contribution in [0.5, 0.6) is 5.75 Å². The number of hydrogen-bond donors (Lipinski definition) is 3. The highest BCUT2D eigenvalue weighted by molar-refractivity contribution is 6.00. The Morgan fingerprint density at radius 1 is 1.25 bits per heavy atom. The molecule has 1 amide bonds. The molecule has 1 unspecified atom stereocenters. The standard InChI is InChI=1S/C11H9F4NO4/c1-10(9(19)20,11(13,14)15)16-8(18)6-4-5(12)2-3-7(6)17/h2-4,17H,1H3,(H,16,18)(H,19,20). The van der Waals surface area contributed by atoms with Crippen molar-refractivity contribution in [2.24, 2.45) is 0 Å². The van der Waals surface area contributed by atoms with Gasteiger partial charge in [-0.3, -0.25) is 4.79 Å². The van der Waals surface area contributed by atoms with Crippen LogP contribution in [0.3, 0.4) is 0 Å². The molecule has 0 heterocycles. The summed E-state index contributed by atoms with van der Waals surface area (Å²) in [5.74, 6) is -5.66. The lowest BCUT2D eigenvalue weighted by molar-refractivity contribution is -0.203. The fourth-order valence-electron chi connectivity index (χ4n) is 1.23. The number of rotatable bonds is 3. The number of nitrogens with one attached hydrogen (secondary N) is 1. The Hall–Kier alpha value is -2.32.